The van der Waals surface area contributed by atoms with Gasteiger partial charge in [0.15, 0.2) is 11.5 Å². The number of hydrogen-bond donors (Lipinski definition) is 0. The zero-order valence-electron chi connectivity index (χ0n) is 16.3. The molecule has 0 N–H and O–H groups in total. The molecule has 0 saturated carbocycles. The maximum Gasteiger partial charge on any atom is 0.161 e. The Morgan fingerprint density at radius 1 is 0.692 bits per heavy atom. The number of hydrogen-bond acceptors (Lipinski definition) is 2. The molecule has 2 atom stereocenters. The molecule has 148 valence electrons. The molecule has 0 radical (unpaired) electrons. The third-order valence-electron chi connectivity index (χ3n) is 4.62. The number of fused-ring (bicyclic) bond motifs is 1. The second-order valence-electron chi connectivity index (χ2n) is 8.46. The summed E-state index contributed by atoms with van der Waals surface area (Å²) < 4.78 is 12.5. The van der Waals surface area contributed by atoms with E-state index < -0.39 is 14.3 Å². The van der Waals surface area contributed by atoms with Crippen LogP contribution in [0.25, 0.3) is 0 Å². The molecular formula is C20H40B2O2P2. The lowest BCUT2D eigenvalue weighted by Crippen LogP contribution is -2.33. The Kier molecular flexibility index (Phi) is 6.84. The van der Waals surface area contributed by atoms with Gasteiger partial charge in [0.05, 0.1) is 12.3 Å². The van der Waals surface area contributed by atoms with Crippen molar-refractivity contribution in [1.82, 2.24) is 0 Å². The first-order valence-electron chi connectivity index (χ1n) is 9.03. The molecule has 0 amide bonds. The summed E-state index contributed by atoms with van der Waals surface area (Å²) >= 11 is 0. The predicted octanol–water partition coefficient (Wildman–Crippen LogP) is 3.65. The Balaban J connectivity index is 2.36. The molecule has 2 rings (SSSR count). The van der Waals surface area contributed by atoms with Gasteiger partial charge in [-0.1, -0.05) is 12.1 Å². The number of benzene rings is 1. The van der Waals surface area contributed by atoms with Crippen LogP contribution in [0, 0.1) is 0 Å². The van der Waals surface area contributed by atoms with Crippen LogP contribution in [0.4, 0.5) is 0 Å². The van der Waals surface area contributed by atoms with E-state index >= 15 is 0 Å². The van der Waals surface area contributed by atoms with Crippen LogP contribution in [0.15, 0.2) is 24.3 Å². The first kappa shape index (κ1) is 22.1. The van der Waals surface area contributed by atoms with Crippen molar-refractivity contribution in [3.63, 3.8) is 0 Å². The Labute approximate surface area is 164 Å². The van der Waals surface area contributed by atoms with Crippen LogP contribution in [0.5, 0.6) is 11.5 Å². The molecule has 0 fully saturated rings. The number of para-hydroxylation sites is 2. The Morgan fingerprint density at radius 3 is 1.35 bits per heavy atom. The van der Waals surface area contributed by atoms with E-state index in [1.54, 1.807) is 12.3 Å². The highest BCUT2D eigenvalue weighted by atomic mass is 31.2. The third-order valence-corrected chi connectivity index (χ3v) is 11.7. The zero-order valence-corrected chi connectivity index (χ0v) is 18.1. The molecule has 1 aliphatic rings. The summed E-state index contributed by atoms with van der Waals surface area (Å²) in [5.41, 5.74) is 0. The standard InChI is InChI=1S/C20H40B2O2P2/c1-19(2,3)25(21)13-11-23-17-9-7-8-10-18(17)24-12-14-26(22,16-15-25)20(4,5)6/h7-10H,11-16H2,1-6,21-22H3. The molecule has 2 unspecified atom stereocenters. The molecule has 0 aliphatic carbocycles. The fourth-order valence-electron chi connectivity index (χ4n) is 3.03. The van der Waals surface area contributed by atoms with Gasteiger partial charge in [-0.2, -0.15) is 0 Å². The van der Waals surface area contributed by atoms with Crippen molar-refractivity contribution in [3.05, 3.63) is 24.3 Å². The van der Waals surface area contributed by atoms with Crippen LogP contribution < -0.4 is 9.47 Å². The van der Waals surface area contributed by atoms with Crippen LogP contribution >= 0.6 is 14.3 Å². The van der Waals surface area contributed by atoms with E-state index in [2.05, 4.69) is 65.8 Å². The fourth-order valence-corrected chi connectivity index (χ4v) is 8.71. The van der Waals surface area contributed by atoms with E-state index in [9.17, 15) is 0 Å². The van der Waals surface area contributed by atoms with Crippen molar-refractivity contribution in [2.24, 2.45) is 0 Å². The lowest BCUT2D eigenvalue weighted by molar-refractivity contribution is 0.289. The molecule has 1 heterocycles. The topological polar surface area (TPSA) is 18.5 Å². The number of ether oxygens (including phenoxy) is 2. The van der Waals surface area contributed by atoms with Gasteiger partial charge in [0.1, 0.15) is 28.3 Å². The van der Waals surface area contributed by atoms with Crippen LogP contribution in [0.2, 0.25) is 0 Å². The molecule has 0 spiro atoms. The first-order valence-corrected chi connectivity index (χ1v) is 12.4. The Hall–Kier alpha value is -0.190. The minimum Gasteiger partial charge on any atom is -0.486 e. The first-order chi connectivity index (χ1) is 11.9. The van der Waals surface area contributed by atoms with Gasteiger partial charge in [-0.05, 0) is 53.7 Å². The molecule has 1 aliphatic heterocycles. The van der Waals surface area contributed by atoms with Gasteiger partial charge in [0.25, 0.3) is 0 Å². The molecular weight excluding hydrogens is 356 g/mol. The average molecular weight is 396 g/mol. The summed E-state index contributed by atoms with van der Waals surface area (Å²) in [5.74, 6) is 1.91. The van der Waals surface area contributed by atoms with Crippen molar-refractivity contribution in [2.75, 3.05) is 37.9 Å². The van der Waals surface area contributed by atoms with Crippen molar-refractivity contribution in [1.29, 1.82) is 0 Å². The van der Waals surface area contributed by atoms with Crippen molar-refractivity contribution in [3.8, 4) is 11.5 Å². The summed E-state index contributed by atoms with van der Waals surface area (Å²) in [4.78, 5) is 0. The highest BCUT2D eigenvalue weighted by Gasteiger charge is 2.44. The summed E-state index contributed by atoms with van der Waals surface area (Å²) in [6.45, 7) is 16.9. The summed E-state index contributed by atoms with van der Waals surface area (Å²) in [6.07, 6.45) is 5.76. The summed E-state index contributed by atoms with van der Waals surface area (Å²) in [7, 11) is -0.937. The van der Waals surface area contributed by atoms with Gasteiger partial charge in [-0.25, -0.2) is 0 Å². The third kappa shape index (κ3) is 4.99. The molecule has 1 aromatic carbocycles. The lowest BCUT2D eigenvalue weighted by Gasteiger charge is -2.47. The second kappa shape index (κ2) is 8.05. The molecule has 6 heteroatoms. The molecule has 0 saturated heterocycles. The highest BCUT2D eigenvalue weighted by Crippen LogP contribution is 2.71. The molecule has 0 aromatic heterocycles. The van der Waals surface area contributed by atoms with Crippen molar-refractivity contribution < 1.29 is 9.47 Å². The van der Waals surface area contributed by atoms with Crippen molar-refractivity contribution in [2.45, 2.75) is 51.9 Å². The average Bonchev–Trinajstić information content (AvgIpc) is 2.51. The predicted molar refractivity (Wildman–Crippen MR) is 130 cm³/mol. The van der Waals surface area contributed by atoms with Gasteiger partial charge in [0, 0.05) is 22.6 Å². The van der Waals surface area contributed by atoms with Crippen molar-refractivity contribution >= 4 is 29.4 Å². The van der Waals surface area contributed by atoms with E-state index in [-0.39, 0.29) is 0 Å². The van der Waals surface area contributed by atoms with Crippen LogP contribution in [0.3, 0.4) is 0 Å². The highest BCUT2D eigenvalue weighted by molar-refractivity contribution is 8.01. The zero-order chi connectivity index (χ0) is 19.6. The SMILES string of the molecule is [BH3-][P+]1(C(C)(C)C)CCOc2ccccc2OCC[P+]([BH3-])(C(C)(C)C)CC1. The van der Waals surface area contributed by atoms with E-state index in [1.807, 2.05) is 0 Å². The number of rotatable bonds is 0. The van der Waals surface area contributed by atoms with Gasteiger partial charge < -0.3 is 9.47 Å². The maximum atomic E-state index is 6.24. The fraction of sp³-hybridized carbons (Fsp3) is 0.700. The largest absolute Gasteiger partial charge is 0.486 e. The molecule has 2 nitrogen and oxygen atoms in total. The minimum absolute atomic E-state index is 0.340. The smallest absolute Gasteiger partial charge is 0.161 e. The summed E-state index contributed by atoms with van der Waals surface area (Å²) in [5, 5.41) is 1.03. The Morgan fingerprint density at radius 2 is 1.04 bits per heavy atom. The van der Waals surface area contributed by atoms with E-state index in [4.69, 9.17) is 9.47 Å². The summed E-state index contributed by atoms with van der Waals surface area (Å²) in [6, 6.07) is 8.30. The monoisotopic (exact) mass is 396 g/mol. The normalized spacial score (nSPS) is 28.8. The van der Waals surface area contributed by atoms with Crippen LogP contribution in [0.1, 0.15) is 41.5 Å². The van der Waals surface area contributed by atoms with E-state index in [1.165, 1.54) is 12.3 Å². The van der Waals surface area contributed by atoms with Gasteiger partial charge in [0.2, 0.25) is 0 Å². The quantitative estimate of drug-likeness (QED) is 0.493. The Bertz CT molecular complexity index is 560. The second-order valence-corrected chi connectivity index (χ2v) is 15.1. The van der Waals surface area contributed by atoms with Crippen LogP contribution in [-0.2, 0) is 0 Å². The van der Waals surface area contributed by atoms with Gasteiger partial charge in [-0.15, -0.1) is 14.3 Å². The van der Waals surface area contributed by atoms with Gasteiger partial charge in [-0.3, -0.25) is 0 Å². The van der Waals surface area contributed by atoms with Crippen LogP contribution in [-0.4, -0.2) is 63.3 Å². The van der Waals surface area contributed by atoms with E-state index in [0.717, 1.165) is 24.7 Å². The lowest BCUT2D eigenvalue weighted by atomic mass is 10.2. The molecule has 1 aromatic rings. The molecule has 26 heavy (non-hydrogen) atoms. The maximum absolute atomic E-state index is 6.24. The molecule has 0 bridgehead atoms. The van der Waals surface area contributed by atoms with Gasteiger partial charge >= 0.3 is 0 Å². The minimum atomic E-state index is -0.808. The van der Waals surface area contributed by atoms with E-state index in [0.29, 0.717) is 25.4 Å².